The summed E-state index contributed by atoms with van der Waals surface area (Å²) in [6.07, 6.45) is 1.58. The minimum atomic E-state index is 0.142. The molecule has 4 nitrogen and oxygen atoms in total. The molecule has 1 aliphatic rings. The van der Waals surface area contributed by atoms with Gasteiger partial charge in [-0.25, -0.2) is 4.98 Å². The molecule has 0 N–H and O–H groups in total. The zero-order valence-corrected chi connectivity index (χ0v) is 15.7. The van der Waals surface area contributed by atoms with E-state index in [1.165, 1.54) is 16.6 Å². The summed E-state index contributed by atoms with van der Waals surface area (Å²) in [6.45, 7) is 8.01. The van der Waals surface area contributed by atoms with Crippen LogP contribution in [0.15, 0.2) is 42.5 Å². The Labute approximate surface area is 154 Å². The number of fused-ring (bicyclic) bond motifs is 1. The zero-order chi connectivity index (χ0) is 18.3. The predicted molar refractivity (Wildman–Crippen MR) is 106 cm³/mol. The summed E-state index contributed by atoms with van der Waals surface area (Å²) in [5.41, 5.74) is 5.66. The number of para-hydroxylation sites is 2. The number of benzene rings is 2. The molecule has 3 aromatic rings. The molecule has 134 valence electrons. The van der Waals surface area contributed by atoms with Gasteiger partial charge in [-0.2, -0.15) is 0 Å². The van der Waals surface area contributed by atoms with Crippen LogP contribution >= 0.6 is 0 Å². The number of aromatic nitrogens is 2. The van der Waals surface area contributed by atoms with Gasteiger partial charge in [0.25, 0.3) is 0 Å². The van der Waals surface area contributed by atoms with Crippen molar-refractivity contribution in [3.05, 3.63) is 59.4 Å². The van der Waals surface area contributed by atoms with Crippen LogP contribution in [0.3, 0.4) is 0 Å². The number of carbonyl (C=O) groups excluding carboxylic acids is 1. The highest BCUT2D eigenvalue weighted by Crippen LogP contribution is 2.33. The second-order valence-electron chi connectivity index (χ2n) is 7.28. The molecule has 1 atom stereocenters. The van der Waals surface area contributed by atoms with Gasteiger partial charge in [0.1, 0.15) is 5.82 Å². The van der Waals surface area contributed by atoms with Crippen molar-refractivity contribution < 1.29 is 4.79 Å². The minimum Gasteiger partial charge on any atom is -0.328 e. The monoisotopic (exact) mass is 347 g/mol. The molecule has 2 aromatic carbocycles. The second kappa shape index (κ2) is 6.60. The van der Waals surface area contributed by atoms with Crippen molar-refractivity contribution in [2.24, 2.45) is 0 Å². The number of carbonyl (C=O) groups is 1. The van der Waals surface area contributed by atoms with Crippen molar-refractivity contribution in [1.82, 2.24) is 9.55 Å². The van der Waals surface area contributed by atoms with E-state index in [1.54, 1.807) is 0 Å². The second-order valence-corrected chi connectivity index (χ2v) is 7.28. The molecule has 0 bridgehead atoms. The SMILES string of the molecule is CCCn1c([C@H]2CC(=O)N(c3ccc(C)c(C)c3)C2)nc2ccccc21. The number of aryl methyl sites for hydroxylation is 3. The number of amides is 1. The van der Waals surface area contributed by atoms with Gasteiger partial charge in [-0.3, -0.25) is 4.79 Å². The van der Waals surface area contributed by atoms with Gasteiger partial charge in [-0.1, -0.05) is 25.1 Å². The molecule has 1 aromatic heterocycles. The normalized spacial score (nSPS) is 17.4. The summed E-state index contributed by atoms with van der Waals surface area (Å²) >= 11 is 0. The van der Waals surface area contributed by atoms with Crippen molar-refractivity contribution in [3.8, 4) is 0 Å². The van der Waals surface area contributed by atoms with E-state index in [0.717, 1.165) is 30.0 Å². The fourth-order valence-electron chi connectivity index (χ4n) is 3.89. The summed E-state index contributed by atoms with van der Waals surface area (Å²) < 4.78 is 2.30. The van der Waals surface area contributed by atoms with Crippen LogP contribution in [0.4, 0.5) is 5.69 Å². The van der Waals surface area contributed by atoms with Crippen molar-refractivity contribution in [1.29, 1.82) is 0 Å². The molecule has 0 saturated carbocycles. The first-order valence-corrected chi connectivity index (χ1v) is 9.41. The summed E-state index contributed by atoms with van der Waals surface area (Å²) in [5, 5.41) is 0. The third-order valence-electron chi connectivity index (χ3n) is 5.42. The average Bonchev–Trinajstić information content (AvgIpc) is 3.19. The number of nitrogens with zero attached hydrogens (tertiary/aromatic N) is 3. The largest absolute Gasteiger partial charge is 0.328 e. The van der Waals surface area contributed by atoms with Crippen molar-refractivity contribution in [2.45, 2.75) is 46.1 Å². The van der Waals surface area contributed by atoms with Crippen LogP contribution in [0.1, 0.15) is 42.6 Å². The average molecular weight is 347 g/mol. The quantitative estimate of drug-likeness (QED) is 0.693. The Hall–Kier alpha value is -2.62. The fraction of sp³-hybridized carbons (Fsp3) is 0.364. The summed E-state index contributed by atoms with van der Waals surface area (Å²) in [6, 6.07) is 14.5. The van der Waals surface area contributed by atoms with Crippen LogP contribution in [-0.4, -0.2) is 22.0 Å². The Morgan fingerprint density at radius 3 is 2.69 bits per heavy atom. The molecular formula is C22H25N3O. The van der Waals surface area contributed by atoms with Gasteiger partial charge in [-0.05, 0) is 55.7 Å². The van der Waals surface area contributed by atoms with Gasteiger partial charge < -0.3 is 9.47 Å². The molecule has 26 heavy (non-hydrogen) atoms. The van der Waals surface area contributed by atoms with Gasteiger partial charge in [0.15, 0.2) is 0 Å². The topological polar surface area (TPSA) is 38.1 Å². The Bertz CT molecular complexity index is 973. The Morgan fingerprint density at radius 1 is 1.12 bits per heavy atom. The van der Waals surface area contributed by atoms with Gasteiger partial charge in [0.2, 0.25) is 5.91 Å². The first kappa shape index (κ1) is 16.8. The Balaban J connectivity index is 1.69. The molecule has 0 radical (unpaired) electrons. The fourth-order valence-corrected chi connectivity index (χ4v) is 3.89. The smallest absolute Gasteiger partial charge is 0.227 e. The van der Waals surface area contributed by atoms with Crippen LogP contribution in [0.5, 0.6) is 0 Å². The standard InChI is InChI=1S/C22H25N3O/c1-4-11-24-20-8-6-5-7-19(20)23-22(24)17-13-21(26)25(14-17)18-10-9-15(2)16(3)12-18/h5-10,12,17H,4,11,13-14H2,1-3H3/t17-/m0/s1. The zero-order valence-electron chi connectivity index (χ0n) is 15.7. The Kier molecular flexibility index (Phi) is 4.27. The van der Waals surface area contributed by atoms with E-state index in [9.17, 15) is 4.79 Å². The van der Waals surface area contributed by atoms with Crippen molar-refractivity contribution in [2.75, 3.05) is 11.4 Å². The maximum absolute atomic E-state index is 12.7. The third kappa shape index (κ3) is 2.79. The lowest BCUT2D eigenvalue weighted by molar-refractivity contribution is -0.117. The first-order chi connectivity index (χ1) is 12.6. The highest BCUT2D eigenvalue weighted by atomic mass is 16.2. The van der Waals surface area contributed by atoms with Gasteiger partial charge >= 0.3 is 0 Å². The highest BCUT2D eigenvalue weighted by molar-refractivity contribution is 5.96. The first-order valence-electron chi connectivity index (χ1n) is 9.41. The molecule has 1 saturated heterocycles. The van der Waals surface area contributed by atoms with Crippen LogP contribution in [0.25, 0.3) is 11.0 Å². The molecule has 4 heteroatoms. The van der Waals surface area contributed by atoms with Crippen molar-refractivity contribution >= 4 is 22.6 Å². The van der Waals surface area contributed by atoms with Crippen LogP contribution in [0.2, 0.25) is 0 Å². The summed E-state index contributed by atoms with van der Waals surface area (Å²) in [7, 11) is 0. The number of hydrogen-bond acceptors (Lipinski definition) is 2. The van der Waals surface area contributed by atoms with E-state index in [0.29, 0.717) is 13.0 Å². The van der Waals surface area contributed by atoms with E-state index in [1.807, 2.05) is 11.0 Å². The van der Waals surface area contributed by atoms with Crippen LogP contribution < -0.4 is 4.90 Å². The minimum absolute atomic E-state index is 0.142. The third-order valence-corrected chi connectivity index (χ3v) is 5.42. The predicted octanol–water partition coefficient (Wildman–Crippen LogP) is 4.58. The van der Waals surface area contributed by atoms with Crippen LogP contribution in [0, 0.1) is 13.8 Å². The molecule has 0 unspecified atom stereocenters. The van der Waals surface area contributed by atoms with Gasteiger partial charge in [0, 0.05) is 31.1 Å². The molecule has 4 rings (SSSR count). The summed E-state index contributed by atoms with van der Waals surface area (Å²) in [4.78, 5) is 19.5. The Morgan fingerprint density at radius 2 is 1.92 bits per heavy atom. The number of anilines is 1. The van der Waals surface area contributed by atoms with E-state index < -0.39 is 0 Å². The highest BCUT2D eigenvalue weighted by Gasteiger charge is 2.34. The van der Waals surface area contributed by atoms with E-state index >= 15 is 0 Å². The molecule has 0 aliphatic carbocycles. The number of hydrogen-bond donors (Lipinski definition) is 0. The molecule has 1 aliphatic heterocycles. The van der Waals surface area contributed by atoms with E-state index in [-0.39, 0.29) is 11.8 Å². The van der Waals surface area contributed by atoms with E-state index in [2.05, 4.69) is 61.7 Å². The lowest BCUT2D eigenvalue weighted by atomic mass is 10.1. The molecule has 2 heterocycles. The lowest BCUT2D eigenvalue weighted by Gasteiger charge is -2.18. The molecule has 1 amide bonds. The van der Waals surface area contributed by atoms with Crippen LogP contribution in [-0.2, 0) is 11.3 Å². The maximum Gasteiger partial charge on any atom is 0.227 e. The molecule has 0 spiro atoms. The molecule has 1 fully saturated rings. The van der Waals surface area contributed by atoms with Gasteiger partial charge in [0.05, 0.1) is 11.0 Å². The lowest BCUT2D eigenvalue weighted by Crippen LogP contribution is -2.24. The van der Waals surface area contributed by atoms with E-state index in [4.69, 9.17) is 4.98 Å². The summed E-state index contributed by atoms with van der Waals surface area (Å²) in [5.74, 6) is 1.38. The maximum atomic E-state index is 12.7. The van der Waals surface area contributed by atoms with Gasteiger partial charge in [-0.15, -0.1) is 0 Å². The number of imidazole rings is 1. The molecular weight excluding hydrogens is 322 g/mol. The van der Waals surface area contributed by atoms with Crippen molar-refractivity contribution in [3.63, 3.8) is 0 Å². The number of rotatable bonds is 4.